The lowest BCUT2D eigenvalue weighted by Gasteiger charge is -2.24. The van der Waals surface area contributed by atoms with Crippen molar-refractivity contribution in [3.63, 3.8) is 0 Å². The van der Waals surface area contributed by atoms with Crippen LogP contribution in [0.2, 0.25) is 4.34 Å². The lowest BCUT2D eigenvalue weighted by molar-refractivity contribution is -0.121. The van der Waals surface area contributed by atoms with E-state index in [9.17, 15) is 4.79 Å². The van der Waals surface area contributed by atoms with E-state index in [1.807, 2.05) is 19.1 Å². The number of amides is 1. The van der Waals surface area contributed by atoms with Gasteiger partial charge in [0.15, 0.2) is 0 Å². The molecule has 1 aliphatic rings. The lowest BCUT2D eigenvalue weighted by Crippen LogP contribution is -2.41. The van der Waals surface area contributed by atoms with Crippen LogP contribution in [-0.4, -0.2) is 26.7 Å². The minimum absolute atomic E-state index is 0.0960. The van der Waals surface area contributed by atoms with E-state index in [1.165, 1.54) is 11.3 Å². The molecule has 0 saturated carbocycles. The van der Waals surface area contributed by atoms with Gasteiger partial charge in [0.25, 0.3) is 0 Å². The molecule has 0 aromatic carbocycles. The van der Waals surface area contributed by atoms with Gasteiger partial charge in [-0.2, -0.15) is 0 Å². The molecule has 0 radical (unpaired) electrons. The molecule has 3 rings (SSSR count). The van der Waals surface area contributed by atoms with Gasteiger partial charge in [-0.1, -0.05) is 11.6 Å². The second kappa shape index (κ2) is 6.15. The topological polar surface area (TPSA) is 59.8 Å². The molecule has 1 amide bonds. The number of aryl methyl sites for hydroxylation is 3. The Kier molecular flexibility index (Phi) is 4.26. The molecule has 1 aliphatic heterocycles. The van der Waals surface area contributed by atoms with Crippen LogP contribution in [0.15, 0.2) is 12.1 Å². The zero-order chi connectivity index (χ0) is 14.8. The van der Waals surface area contributed by atoms with Gasteiger partial charge in [-0.25, -0.2) is 0 Å². The lowest BCUT2D eigenvalue weighted by atomic mass is 10.1. The number of aromatic nitrogens is 3. The highest BCUT2D eigenvalue weighted by Crippen LogP contribution is 2.22. The van der Waals surface area contributed by atoms with Crippen LogP contribution in [-0.2, 0) is 24.2 Å². The number of rotatable bonds is 4. The van der Waals surface area contributed by atoms with Gasteiger partial charge >= 0.3 is 0 Å². The van der Waals surface area contributed by atoms with Crippen molar-refractivity contribution in [1.82, 2.24) is 20.1 Å². The average molecular weight is 325 g/mol. The summed E-state index contributed by atoms with van der Waals surface area (Å²) in [6.45, 7) is 2.71. The fourth-order valence-electron chi connectivity index (χ4n) is 2.60. The molecule has 2 aromatic heterocycles. The summed E-state index contributed by atoms with van der Waals surface area (Å²) in [6, 6.07) is 4.02. The zero-order valence-electron chi connectivity index (χ0n) is 11.8. The van der Waals surface area contributed by atoms with Crippen molar-refractivity contribution in [2.45, 2.75) is 45.2 Å². The Morgan fingerprint density at radius 3 is 3.14 bits per heavy atom. The van der Waals surface area contributed by atoms with Gasteiger partial charge in [-0.15, -0.1) is 21.5 Å². The molecule has 0 aliphatic carbocycles. The molecular formula is C14H17ClN4OS. The number of fused-ring (bicyclic) bond motifs is 1. The fourth-order valence-corrected chi connectivity index (χ4v) is 3.69. The molecule has 5 nitrogen and oxygen atoms in total. The number of nitrogens with one attached hydrogen (secondary N) is 1. The van der Waals surface area contributed by atoms with Crippen molar-refractivity contribution >= 4 is 28.8 Å². The average Bonchev–Trinajstić information content (AvgIpc) is 3.04. The number of nitrogens with zero attached hydrogens (tertiary/aromatic N) is 3. The quantitative estimate of drug-likeness (QED) is 0.939. The molecule has 1 atom stereocenters. The van der Waals surface area contributed by atoms with Gasteiger partial charge in [0.05, 0.1) is 4.34 Å². The van der Waals surface area contributed by atoms with E-state index in [1.54, 1.807) is 0 Å². The molecule has 0 unspecified atom stereocenters. The Morgan fingerprint density at radius 2 is 2.38 bits per heavy atom. The minimum Gasteiger partial charge on any atom is -0.352 e. The highest BCUT2D eigenvalue weighted by atomic mass is 35.5. The van der Waals surface area contributed by atoms with E-state index >= 15 is 0 Å². The molecule has 1 N–H and O–H groups in total. The third kappa shape index (κ3) is 3.44. The van der Waals surface area contributed by atoms with Gasteiger partial charge in [-0.3, -0.25) is 4.79 Å². The normalized spacial score (nSPS) is 17.5. The molecule has 2 aromatic rings. The summed E-state index contributed by atoms with van der Waals surface area (Å²) in [5, 5.41) is 11.3. The minimum atomic E-state index is 0.0960. The fraction of sp³-hybridized carbons (Fsp3) is 0.500. The third-order valence-electron chi connectivity index (χ3n) is 3.72. The maximum atomic E-state index is 12.0. The first-order valence-corrected chi connectivity index (χ1v) is 8.23. The van der Waals surface area contributed by atoms with E-state index in [-0.39, 0.29) is 11.9 Å². The Hall–Kier alpha value is -1.40. The smallest absolute Gasteiger partial charge is 0.220 e. The summed E-state index contributed by atoms with van der Waals surface area (Å²) in [4.78, 5) is 13.2. The van der Waals surface area contributed by atoms with Crippen LogP contribution in [0.5, 0.6) is 0 Å². The standard InChI is InChI=1S/C14H17ClN4OS/c1-9-17-18-13-6-2-10(8-19(9)13)16-14(20)7-4-11-3-5-12(15)21-11/h3,5,10H,2,4,6-8H2,1H3,(H,16,20)/t10-/m1/s1. The van der Waals surface area contributed by atoms with Crippen LogP contribution >= 0.6 is 22.9 Å². The van der Waals surface area contributed by atoms with E-state index in [0.29, 0.717) is 6.42 Å². The van der Waals surface area contributed by atoms with Crippen molar-refractivity contribution in [3.05, 3.63) is 33.0 Å². The van der Waals surface area contributed by atoms with Crippen molar-refractivity contribution in [2.75, 3.05) is 0 Å². The highest BCUT2D eigenvalue weighted by molar-refractivity contribution is 7.16. The molecule has 7 heteroatoms. The number of carbonyl (C=O) groups excluding carboxylic acids is 1. The third-order valence-corrected chi connectivity index (χ3v) is 5.02. The summed E-state index contributed by atoms with van der Waals surface area (Å²) >= 11 is 7.42. The van der Waals surface area contributed by atoms with E-state index in [4.69, 9.17) is 11.6 Å². The Bertz CT molecular complexity index is 651. The molecule has 0 spiro atoms. The summed E-state index contributed by atoms with van der Waals surface area (Å²) < 4.78 is 2.86. The molecule has 3 heterocycles. The number of hydrogen-bond acceptors (Lipinski definition) is 4. The van der Waals surface area contributed by atoms with Crippen LogP contribution in [0, 0.1) is 6.92 Å². The SMILES string of the molecule is Cc1nnc2n1C[C@H](NC(=O)CCc1ccc(Cl)s1)CC2. The number of halogens is 1. The number of thiophene rings is 1. The Labute approximate surface area is 132 Å². The van der Waals surface area contributed by atoms with Gasteiger partial charge < -0.3 is 9.88 Å². The predicted octanol–water partition coefficient (Wildman–Crippen LogP) is 2.37. The maximum absolute atomic E-state index is 12.0. The first kappa shape index (κ1) is 14.5. The van der Waals surface area contributed by atoms with Crippen molar-refractivity contribution in [3.8, 4) is 0 Å². The molecule has 21 heavy (non-hydrogen) atoms. The largest absolute Gasteiger partial charge is 0.352 e. The zero-order valence-corrected chi connectivity index (χ0v) is 13.4. The Morgan fingerprint density at radius 1 is 1.52 bits per heavy atom. The van der Waals surface area contributed by atoms with Crippen molar-refractivity contribution in [1.29, 1.82) is 0 Å². The van der Waals surface area contributed by atoms with Gasteiger partial charge in [0.1, 0.15) is 11.6 Å². The highest BCUT2D eigenvalue weighted by Gasteiger charge is 2.22. The van der Waals surface area contributed by atoms with Gasteiger partial charge in [0, 0.05) is 30.3 Å². The first-order chi connectivity index (χ1) is 10.1. The first-order valence-electron chi connectivity index (χ1n) is 7.04. The summed E-state index contributed by atoms with van der Waals surface area (Å²) in [6.07, 6.45) is 3.04. The summed E-state index contributed by atoms with van der Waals surface area (Å²) in [5.41, 5.74) is 0. The van der Waals surface area contributed by atoms with Crippen LogP contribution in [0.3, 0.4) is 0 Å². The summed E-state index contributed by atoms with van der Waals surface area (Å²) in [5.74, 6) is 2.03. The van der Waals surface area contributed by atoms with Crippen molar-refractivity contribution < 1.29 is 4.79 Å². The van der Waals surface area contributed by atoms with Gasteiger partial charge in [-0.05, 0) is 31.9 Å². The molecular weight excluding hydrogens is 308 g/mol. The monoisotopic (exact) mass is 324 g/mol. The van der Waals surface area contributed by atoms with Crippen LogP contribution in [0.4, 0.5) is 0 Å². The number of carbonyl (C=O) groups is 1. The van der Waals surface area contributed by atoms with Crippen LogP contribution in [0.25, 0.3) is 0 Å². The van der Waals surface area contributed by atoms with Gasteiger partial charge in [0.2, 0.25) is 5.91 Å². The summed E-state index contributed by atoms with van der Waals surface area (Å²) in [7, 11) is 0. The van der Waals surface area contributed by atoms with E-state index in [0.717, 1.165) is 46.7 Å². The van der Waals surface area contributed by atoms with Crippen LogP contribution in [0.1, 0.15) is 29.4 Å². The number of hydrogen-bond donors (Lipinski definition) is 1. The molecule has 0 bridgehead atoms. The predicted molar refractivity (Wildman–Crippen MR) is 82.7 cm³/mol. The molecule has 112 valence electrons. The molecule has 0 saturated heterocycles. The second-order valence-electron chi connectivity index (χ2n) is 5.28. The van der Waals surface area contributed by atoms with E-state index in [2.05, 4.69) is 20.1 Å². The van der Waals surface area contributed by atoms with E-state index < -0.39 is 0 Å². The molecule has 0 fully saturated rings. The van der Waals surface area contributed by atoms with Crippen molar-refractivity contribution in [2.24, 2.45) is 0 Å². The van der Waals surface area contributed by atoms with Crippen LogP contribution < -0.4 is 5.32 Å². The second-order valence-corrected chi connectivity index (χ2v) is 7.08. The Balaban J connectivity index is 1.50. The maximum Gasteiger partial charge on any atom is 0.220 e.